The second-order valence-corrected chi connectivity index (χ2v) is 11.6. The maximum Gasteiger partial charge on any atom is 0.348 e. The summed E-state index contributed by atoms with van der Waals surface area (Å²) in [5.74, 6) is -1.07. The van der Waals surface area contributed by atoms with Gasteiger partial charge in [0.1, 0.15) is 4.88 Å². The Hall–Kier alpha value is -3.27. The van der Waals surface area contributed by atoms with Crippen LogP contribution in [0.4, 0.5) is 5.69 Å². The lowest BCUT2D eigenvalue weighted by Crippen LogP contribution is -2.43. The van der Waals surface area contributed by atoms with E-state index in [0.29, 0.717) is 30.0 Å². The minimum Gasteiger partial charge on any atom is -0.465 e. The van der Waals surface area contributed by atoms with Crippen molar-refractivity contribution in [2.24, 2.45) is 5.92 Å². The molecular weight excluding hydrogens is 484 g/mol. The van der Waals surface area contributed by atoms with Gasteiger partial charge in [-0.1, -0.05) is 30.3 Å². The number of nitrogens with zero attached hydrogens (tertiary/aromatic N) is 1. The topological polar surface area (TPSA) is 92.8 Å². The molecule has 2 heterocycles. The Morgan fingerprint density at radius 3 is 2.60 bits per heavy atom. The number of rotatable bonds is 5. The van der Waals surface area contributed by atoms with Crippen LogP contribution in [0.15, 0.2) is 71.6 Å². The van der Waals surface area contributed by atoms with Crippen LogP contribution in [0.3, 0.4) is 0 Å². The van der Waals surface area contributed by atoms with E-state index in [9.17, 15) is 18.0 Å². The summed E-state index contributed by atoms with van der Waals surface area (Å²) in [6, 6.07) is 19.9. The standard InChI is InChI=1S/C26H24N2O5S2/c1-33-26(30)24-15-20-13-21(9-11-23(20)34-24)27-25(29)19-7-4-12-28(16-19)35(31,32)22-10-8-17-5-2-3-6-18(17)14-22/h2-3,5-6,8-11,13-15,19H,4,7,12,16H2,1H3,(H,27,29)/t19-/m0/s1. The summed E-state index contributed by atoms with van der Waals surface area (Å²) in [6.45, 7) is 0.518. The fraction of sp³-hybridized carbons (Fsp3) is 0.231. The number of anilines is 1. The molecule has 35 heavy (non-hydrogen) atoms. The molecular formula is C26H24N2O5S2. The van der Waals surface area contributed by atoms with Gasteiger partial charge in [0.05, 0.1) is 17.9 Å². The number of amides is 1. The van der Waals surface area contributed by atoms with Crippen molar-refractivity contribution in [3.63, 3.8) is 0 Å². The summed E-state index contributed by atoms with van der Waals surface area (Å²) < 4.78 is 33.8. The van der Waals surface area contributed by atoms with E-state index in [-0.39, 0.29) is 17.3 Å². The minimum absolute atomic E-state index is 0.133. The molecule has 4 aromatic rings. The fourth-order valence-electron chi connectivity index (χ4n) is 4.42. The molecule has 0 aliphatic carbocycles. The number of carbonyl (C=O) groups excluding carboxylic acids is 2. The number of piperidine rings is 1. The molecule has 3 aromatic carbocycles. The zero-order valence-corrected chi connectivity index (χ0v) is 20.7. The number of ether oxygens (including phenoxy) is 1. The number of esters is 1. The van der Waals surface area contributed by atoms with E-state index in [1.165, 1.54) is 22.8 Å². The van der Waals surface area contributed by atoms with E-state index in [1.54, 1.807) is 24.3 Å². The van der Waals surface area contributed by atoms with Crippen LogP contribution in [0.25, 0.3) is 20.9 Å². The molecule has 1 aliphatic heterocycles. The molecule has 1 aliphatic rings. The van der Waals surface area contributed by atoms with Crippen molar-refractivity contribution in [1.82, 2.24) is 4.31 Å². The van der Waals surface area contributed by atoms with E-state index in [2.05, 4.69) is 5.32 Å². The van der Waals surface area contributed by atoms with Gasteiger partial charge in [-0.05, 0) is 65.4 Å². The number of carbonyl (C=O) groups is 2. The highest BCUT2D eigenvalue weighted by atomic mass is 32.2. The van der Waals surface area contributed by atoms with Crippen LogP contribution in [0.5, 0.6) is 0 Å². The Labute approximate surface area is 207 Å². The second kappa shape index (κ2) is 9.41. The summed E-state index contributed by atoms with van der Waals surface area (Å²) in [5.41, 5.74) is 0.603. The lowest BCUT2D eigenvalue weighted by atomic mass is 9.98. The van der Waals surface area contributed by atoms with Crippen LogP contribution in [0.2, 0.25) is 0 Å². The van der Waals surface area contributed by atoms with Crippen molar-refractivity contribution >= 4 is 59.8 Å². The molecule has 0 bridgehead atoms. The van der Waals surface area contributed by atoms with Gasteiger partial charge in [-0.3, -0.25) is 4.79 Å². The smallest absolute Gasteiger partial charge is 0.348 e. The van der Waals surface area contributed by atoms with Gasteiger partial charge < -0.3 is 10.1 Å². The van der Waals surface area contributed by atoms with Gasteiger partial charge in [0.15, 0.2) is 0 Å². The van der Waals surface area contributed by atoms with Gasteiger partial charge in [0.2, 0.25) is 15.9 Å². The monoisotopic (exact) mass is 508 g/mol. The predicted octanol–water partition coefficient (Wildman–Crippen LogP) is 4.88. The predicted molar refractivity (Wildman–Crippen MR) is 137 cm³/mol. The van der Waals surface area contributed by atoms with E-state index in [1.807, 2.05) is 42.5 Å². The van der Waals surface area contributed by atoms with E-state index >= 15 is 0 Å². The lowest BCUT2D eigenvalue weighted by molar-refractivity contribution is -0.120. The van der Waals surface area contributed by atoms with Gasteiger partial charge in [0.25, 0.3) is 0 Å². The maximum absolute atomic E-state index is 13.3. The average molecular weight is 509 g/mol. The number of thiophene rings is 1. The Kier molecular flexibility index (Phi) is 6.31. The Bertz CT molecular complexity index is 1540. The number of methoxy groups -OCH3 is 1. The first-order valence-corrected chi connectivity index (χ1v) is 13.5. The first kappa shape index (κ1) is 23.5. The zero-order chi connectivity index (χ0) is 24.6. The molecule has 0 unspecified atom stereocenters. The molecule has 1 amide bonds. The molecule has 1 N–H and O–H groups in total. The molecule has 0 radical (unpaired) electrons. The first-order chi connectivity index (χ1) is 16.8. The van der Waals surface area contributed by atoms with Crippen LogP contribution in [0.1, 0.15) is 22.5 Å². The Balaban J connectivity index is 1.31. The Morgan fingerprint density at radius 1 is 1.00 bits per heavy atom. The van der Waals surface area contributed by atoms with E-state index < -0.39 is 21.9 Å². The normalized spacial score (nSPS) is 16.9. The van der Waals surface area contributed by atoms with Crippen LogP contribution >= 0.6 is 11.3 Å². The van der Waals surface area contributed by atoms with Crippen LogP contribution in [-0.4, -0.2) is 44.8 Å². The summed E-state index contributed by atoms with van der Waals surface area (Å²) >= 11 is 1.33. The maximum atomic E-state index is 13.3. The average Bonchev–Trinajstić information content (AvgIpc) is 3.31. The number of hydrogen-bond donors (Lipinski definition) is 1. The molecule has 1 aromatic heterocycles. The number of fused-ring (bicyclic) bond motifs is 2. The summed E-state index contributed by atoms with van der Waals surface area (Å²) in [7, 11) is -2.38. The lowest BCUT2D eigenvalue weighted by Gasteiger charge is -2.31. The van der Waals surface area contributed by atoms with Crippen LogP contribution in [0, 0.1) is 5.92 Å². The van der Waals surface area contributed by atoms with Crippen molar-refractivity contribution in [3.8, 4) is 0 Å². The molecule has 9 heteroatoms. The third kappa shape index (κ3) is 4.67. The van der Waals surface area contributed by atoms with Crippen molar-refractivity contribution < 1.29 is 22.7 Å². The number of nitrogens with one attached hydrogen (secondary N) is 1. The second-order valence-electron chi connectivity index (χ2n) is 8.56. The molecule has 180 valence electrons. The highest BCUT2D eigenvalue weighted by Crippen LogP contribution is 2.30. The molecule has 1 fully saturated rings. The van der Waals surface area contributed by atoms with Gasteiger partial charge in [0, 0.05) is 23.5 Å². The fourth-order valence-corrected chi connectivity index (χ4v) is 6.94. The number of hydrogen-bond acceptors (Lipinski definition) is 6. The van der Waals surface area contributed by atoms with Gasteiger partial charge in [-0.2, -0.15) is 4.31 Å². The SMILES string of the molecule is COC(=O)c1cc2cc(NC(=O)[C@H]3CCCN(S(=O)(=O)c4ccc5ccccc5c4)C3)ccc2s1. The third-order valence-electron chi connectivity index (χ3n) is 6.28. The molecule has 5 rings (SSSR count). The first-order valence-electron chi connectivity index (χ1n) is 11.3. The molecule has 0 saturated carbocycles. The summed E-state index contributed by atoms with van der Waals surface area (Å²) in [5, 5.41) is 5.59. The van der Waals surface area contributed by atoms with Crippen molar-refractivity contribution in [3.05, 3.63) is 71.6 Å². The van der Waals surface area contributed by atoms with Crippen molar-refractivity contribution in [2.75, 3.05) is 25.5 Å². The largest absolute Gasteiger partial charge is 0.465 e. The highest BCUT2D eigenvalue weighted by Gasteiger charge is 2.33. The van der Waals surface area contributed by atoms with Crippen molar-refractivity contribution in [1.29, 1.82) is 0 Å². The van der Waals surface area contributed by atoms with E-state index in [4.69, 9.17) is 4.74 Å². The van der Waals surface area contributed by atoms with Gasteiger partial charge in [-0.15, -0.1) is 11.3 Å². The zero-order valence-electron chi connectivity index (χ0n) is 19.1. The molecule has 1 saturated heterocycles. The van der Waals surface area contributed by atoms with Crippen LogP contribution < -0.4 is 5.32 Å². The molecule has 7 nitrogen and oxygen atoms in total. The number of benzene rings is 3. The van der Waals surface area contributed by atoms with Crippen molar-refractivity contribution in [2.45, 2.75) is 17.7 Å². The molecule has 1 atom stereocenters. The summed E-state index contributed by atoms with van der Waals surface area (Å²) in [6.07, 6.45) is 1.22. The third-order valence-corrected chi connectivity index (χ3v) is 9.24. The quantitative estimate of drug-likeness (QED) is 0.388. The van der Waals surface area contributed by atoms with Crippen LogP contribution in [-0.2, 0) is 19.6 Å². The summed E-state index contributed by atoms with van der Waals surface area (Å²) in [4.78, 5) is 25.6. The minimum atomic E-state index is -3.72. The van der Waals surface area contributed by atoms with Gasteiger partial charge >= 0.3 is 5.97 Å². The highest BCUT2D eigenvalue weighted by molar-refractivity contribution is 7.89. The van der Waals surface area contributed by atoms with Gasteiger partial charge in [-0.25, -0.2) is 13.2 Å². The Morgan fingerprint density at radius 2 is 1.80 bits per heavy atom. The van der Waals surface area contributed by atoms with E-state index in [0.717, 1.165) is 20.9 Å². The number of sulfonamides is 1. The molecule has 0 spiro atoms.